The number of hydrogen-bond donors (Lipinski definition) is 0. The molecule has 0 saturated heterocycles. The Kier molecular flexibility index (Phi) is 12.8. The standard InChI is InChI=1S/C20H37NO4Si/c1-5-24-26(25-6-2,20-12-8-7-9-13-20)19-11-15-21(16-18-23-4)14-10-17-22-3/h7-9,12-13H,5-6,10-11,14-19H2,1-4H3. The molecule has 0 amide bonds. The molecule has 5 nitrogen and oxygen atoms in total. The lowest BCUT2D eigenvalue weighted by Crippen LogP contribution is -2.54. The van der Waals surface area contributed by atoms with Crippen LogP contribution in [0.15, 0.2) is 30.3 Å². The van der Waals surface area contributed by atoms with E-state index < -0.39 is 8.56 Å². The molecular formula is C20H37NO4Si. The minimum absolute atomic E-state index is 0.683. The molecule has 1 rings (SSSR count). The summed E-state index contributed by atoms with van der Waals surface area (Å²) in [7, 11) is 1.12. The SMILES string of the molecule is CCO[Si](CCCN(CCCOC)CCOC)(OCC)c1ccccc1. The molecule has 0 aromatic heterocycles. The van der Waals surface area contributed by atoms with Gasteiger partial charge in [0.2, 0.25) is 0 Å². The second-order valence-electron chi connectivity index (χ2n) is 6.27. The van der Waals surface area contributed by atoms with Gasteiger partial charge >= 0.3 is 8.56 Å². The third-order valence-electron chi connectivity index (χ3n) is 4.38. The van der Waals surface area contributed by atoms with E-state index in [1.807, 2.05) is 6.07 Å². The molecule has 0 fully saturated rings. The molecule has 0 saturated carbocycles. The molecule has 0 aliphatic carbocycles. The molecule has 6 heteroatoms. The highest BCUT2D eigenvalue weighted by atomic mass is 28.4. The average molecular weight is 384 g/mol. The Morgan fingerprint density at radius 2 is 1.42 bits per heavy atom. The zero-order valence-corrected chi connectivity index (χ0v) is 18.0. The Bertz CT molecular complexity index is 441. The number of hydrogen-bond acceptors (Lipinski definition) is 5. The molecule has 0 aliphatic heterocycles. The van der Waals surface area contributed by atoms with E-state index in [1.54, 1.807) is 14.2 Å². The first-order valence-corrected chi connectivity index (χ1v) is 11.8. The van der Waals surface area contributed by atoms with Gasteiger partial charge in [0, 0.05) is 47.1 Å². The Labute approximate surface area is 160 Å². The predicted molar refractivity (Wildman–Crippen MR) is 109 cm³/mol. The van der Waals surface area contributed by atoms with Crippen molar-refractivity contribution in [3.63, 3.8) is 0 Å². The Hall–Kier alpha value is -0.763. The van der Waals surface area contributed by atoms with Crippen molar-refractivity contribution < 1.29 is 18.3 Å². The van der Waals surface area contributed by atoms with Crippen LogP contribution in [0.4, 0.5) is 0 Å². The summed E-state index contributed by atoms with van der Waals surface area (Å²) in [6.45, 7) is 10.0. The minimum atomic E-state index is -2.39. The number of benzene rings is 1. The van der Waals surface area contributed by atoms with Crippen LogP contribution in [0.1, 0.15) is 26.7 Å². The maximum absolute atomic E-state index is 6.27. The molecular weight excluding hydrogens is 346 g/mol. The van der Waals surface area contributed by atoms with E-state index in [2.05, 4.69) is 43.0 Å². The summed E-state index contributed by atoms with van der Waals surface area (Å²) < 4.78 is 23.0. The van der Waals surface area contributed by atoms with Gasteiger partial charge in [-0.3, -0.25) is 0 Å². The zero-order chi connectivity index (χ0) is 19.1. The van der Waals surface area contributed by atoms with Gasteiger partial charge in [-0.25, -0.2) is 0 Å². The minimum Gasteiger partial charge on any atom is -0.391 e. The topological polar surface area (TPSA) is 40.2 Å². The normalized spacial score (nSPS) is 12.0. The summed E-state index contributed by atoms with van der Waals surface area (Å²) in [6.07, 6.45) is 2.09. The Morgan fingerprint density at radius 3 is 2.00 bits per heavy atom. The van der Waals surface area contributed by atoms with E-state index in [-0.39, 0.29) is 0 Å². The van der Waals surface area contributed by atoms with E-state index in [1.165, 1.54) is 5.19 Å². The first-order valence-electron chi connectivity index (χ1n) is 9.76. The maximum atomic E-state index is 6.27. The van der Waals surface area contributed by atoms with Crippen LogP contribution in [0, 0.1) is 0 Å². The van der Waals surface area contributed by atoms with Gasteiger partial charge in [-0.05, 0) is 44.5 Å². The number of nitrogens with zero attached hydrogens (tertiary/aromatic N) is 1. The summed E-state index contributed by atoms with van der Waals surface area (Å²) in [6, 6.07) is 11.5. The van der Waals surface area contributed by atoms with Crippen molar-refractivity contribution in [2.45, 2.75) is 32.7 Å². The summed E-state index contributed by atoms with van der Waals surface area (Å²) in [5.74, 6) is 0. The highest BCUT2D eigenvalue weighted by Crippen LogP contribution is 2.17. The molecule has 1 aromatic rings. The van der Waals surface area contributed by atoms with E-state index in [0.717, 1.165) is 51.7 Å². The van der Waals surface area contributed by atoms with Crippen LogP contribution >= 0.6 is 0 Å². The smallest absolute Gasteiger partial charge is 0.372 e. The second kappa shape index (κ2) is 14.3. The predicted octanol–water partition coefficient (Wildman–Crippen LogP) is 2.78. The Morgan fingerprint density at radius 1 is 0.808 bits per heavy atom. The van der Waals surface area contributed by atoms with Crippen molar-refractivity contribution in [1.82, 2.24) is 4.90 Å². The van der Waals surface area contributed by atoms with Crippen LogP contribution in [-0.2, 0) is 18.3 Å². The van der Waals surface area contributed by atoms with Crippen molar-refractivity contribution in [1.29, 1.82) is 0 Å². The summed E-state index contributed by atoms with van der Waals surface area (Å²) >= 11 is 0. The number of rotatable bonds is 16. The number of methoxy groups -OCH3 is 2. The lowest BCUT2D eigenvalue weighted by molar-refractivity contribution is 0.131. The van der Waals surface area contributed by atoms with Gasteiger partial charge in [-0.1, -0.05) is 30.3 Å². The highest BCUT2D eigenvalue weighted by Gasteiger charge is 2.39. The van der Waals surface area contributed by atoms with Crippen LogP contribution < -0.4 is 5.19 Å². The fourth-order valence-corrected chi connectivity index (χ4v) is 6.43. The van der Waals surface area contributed by atoms with Crippen LogP contribution in [0.2, 0.25) is 6.04 Å². The molecule has 26 heavy (non-hydrogen) atoms. The lowest BCUT2D eigenvalue weighted by Gasteiger charge is -2.31. The molecule has 0 spiro atoms. The molecule has 0 unspecified atom stereocenters. The summed E-state index contributed by atoms with van der Waals surface area (Å²) in [4.78, 5) is 2.45. The van der Waals surface area contributed by atoms with E-state index in [9.17, 15) is 0 Å². The summed E-state index contributed by atoms with van der Waals surface area (Å²) in [5.41, 5.74) is 0. The van der Waals surface area contributed by atoms with Crippen LogP contribution in [-0.4, -0.2) is 73.7 Å². The van der Waals surface area contributed by atoms with Gasteiger partial charge in [0.15, 0.2) is 0 Å². The monoisotopic (exact) mass is 383 g/mol. The lowest BCUT2D eigenvalue weighted by atomic mass is 10.3. The summed E-state index contributed by atoms with van der Waals surface area (Å²) in [5, 5.41) is 1.23. The average Bonchev–Trinajstić information content (AvgIpc) is 2.66. The fraction of sp³-hybridized carbons (Fsp3) is 0.700. The van der Waals surface area contributed by atoms with Crippen molar-refractivity contribution in [3.05, 3.63) is 30.3 Å². The molecule has 0 bridgehead atoms. The van der Waals surface area contributed by atoms with Crippen molar-refractivity contribution >= 4 is 13.7 Å². The quantitative estimate of drug-likeness (QED) is 0.324. The van der Waals surface area contributed by atoms with Gasteiger partial charge in [0.1, 0.15) is 0 Å². The van der Waals surface area contributed by atoms with E-state index >= 15 is 0 Å². The van der Waals surface area contributed by atoms with Crippen LogP contribution in [0.25, 0.3) is 0 Å². The van der Waals surface area contributed by atoms with Crippen molar-refractivity contribution in [2.24, 2.45) is 0 Å². The van der Waals surface area contributed by atoms with Crippen LogP contribution in [0.3, 0.4) is 0 Å². The zero-order valence-electron chi connectivity index (χ0n) is 17.0. The van der Waals surface area contributed by atoms with Gasteiger partial charge < -0.3 is 23.2 Å². The van der Waals surface area contributed by atoms with Crippen molar-refractivity contribution in [2.75, 3.05) is 60.3 Å². The molecule has 0 N–H and O–H groups in total. The first kappa shape index (κ1) is 23.3. The molecule has 0 aliphatic rings. The molecule has 1 aromatic carbocycles. The third kappa shape index (κ3) is 8.29. The second-order valence-corrected chi connectivity index (χ2v) is 9.43. The molecule has 0 heterocycles. The molecule has 0 radical (unpaired) electrons. The van der Waals surface area contributed by atoms with Gasteiger partial charge in [0.25, 0.3) is 0 Å². The maximum Gasteiger partial charge on any atom is 0.372 e. The molecule has 150 valence electrons. The van der Waals surface area contributed by atoms with Crippen LogP contribution in [0.5, 0.6) is 0 Å². The van der Waals surface area contributed by atoms with E-state index in [0.29, 0.717) is 13.2 Å². The first-order chi connectivity index (χ1) is 12.7. The fourth-order valence-electron chi connectivity index (χ4n) is 3.18. The van der Waals surface area contributed by atoms with Crippen molar-refractivity contribution in [3.8, 4) is 0 Å². The Balaban J connectivity index is 2.70. The molecule has 0 atom stereocenters. The van der Waals surface area contributed by atoms with Gasteiger partial charge in [0.05, 0.1) is 6.61 Å². The number of ether oxygens (including phenoxy) is 2. The largest absolute Gasteiger partial charge is 0.391 e. The highest BCUT2D eigenvalue weighted by molar-refractivity contribution is 6.81. The van der Waals surface area contributed by atoms with E-state index in [4.69, 9.17) is 18.3 Å². The third-order valence-corrected chi connectivity index (χ3v) is 8.12. The van der Waals surface area contributed by atoms with Gasteiger partial charge in [-0.15, -0.1) is 0 Å². The van der Waals surface area contributed by atoms with Gasteiger partial charge in [-0.2, -0.15) is 0 Å².